The molecule has 1 unspecified atom stereocenters. The van der Waals surface area contributed by atoms with Crippen LogP contribution < -0.4 is 0 Å². The normalized spacial score (nSPS) is 36.8. The highest BCUT2D eigenvalue weighted by atomic mass is 32.2. The monoisotopic (exact) mass is 192 g/mol. The van der Waals surface area contributed by atoms with E-state index in [1.807, 2.05) is 0 Å². The molecule has 70 valence electrons. The van der Waals surface area contributed by atoms with Crippen molar-refractivity contribution in [2.45, 2.75) is 24.7 Å². The van der Waals surface area contributed by atoms with Crippen LogP contribution >= 0.6 is 0 Å². The van der Waals surface area contributed by atoms with Gasteiger partial charge in [0.15, 0.2) is 0 Å². The molecule has 0 bridgehead atoms. The molecule has 0 aliphatic heterocycles. The highest BCUT2D eigenvalue weighted by Gasteiger charge is 2.30. The highest BCUT2D eigenvalue weighted by Crippen LogP contribution is 2.23. The fourth-order valence-electron chi connectivity index (χ4n) is 1.41. The number of rotatable bonds is 1. The predicted octanol–water partition coefficient (Wildman–Crippen LogP) is 0.200. The topological polar surface area (TPSA) is 74.6 Å². The molecule has 1 aliphatic rings. The van der Waals surface area contributed by atoms with Crippen molar-refractivity contribution in [3.05, 3.63) is 12.2 Å². The van der Waals surface area contributed by atoms with E-state index in [0.29, 0.717) is 6.42 Å². The van der Waals surface area contributed by atoms with Gasteiger partial charge in [-0.3, -0.25) is 4.55 Å². The molecule has 0 aromatic carbocycles. The van der Waals surface area contributed by atoms with Gasteiger partial charge in [0.2, 0.25) is 0 Å². The fraction of sp³-hybridized carbons (Fsp3) is 0.714. The smallest absolute Gasteiger partial charge is 0.271 e. The van der Waals surface area contributed by atoms with E-state index >= 15 is 0 Å². The van der Waals surface area contributed by atoms with E-state index in [-0.39, 0.29) is 5.92 Å². The molecule has 0 saturated heterocycles. The van der Waals surface area contributed by atoms with E-state index in [4.69, 9.17) is 9.66 Å². The van der Waals surface area contributed by atoms with Crippen LogP contribution in [-0.2, 0) is 10.1 Å². The van der Waals surface area contributed by atoms with Crippen molar-refractivity contribution >= 4 is 10.1 Å². The fourth-order valence-corrected chi connectivity index (χ4v) is 2.40. The molecule has 0 radical (unpaired) electrons. The summed E-state index contributed by atoms with van der Waals surface area (Å²) in [6.07, 6.45) is 2.53. The zero-order valence-electron chi connectivity index (χ0n) is 6.71. The summed E-state index contributed by atoms with van der Waals surface area (Å²) in [5.41, 5.74) is 0. The molecular formula is C7H12O4S. The van der Waals surface area contributed by atoms with Crippen LogP contribution in [0, 0.1) is 5.92 Å². The maximum Gasteiger partial charge on any atom is 0.271 e. The minimum Gasteiger partial charge on any atom is -0.389 e. The van der Waals surface area contributed by atoms with Crippen molar-refractivity contribution in [2.24, 2.45) is 5.92 Å². The van der Waals surface area contributed by atoms with Crippen LogP contribution in [0.3, 0.4) is 0 Å². The Bertz CT molecular complexity index is 280. The van der Waals surface area contributed by atoms with Gasteiger partial charge in [0, 0.05) is 0 Å². The standard InChI is InChI=1S/C7H12O4S/c1-5-4-6(8)2-3-7(5)12(9,10)11/h2-3,5-8H,4H2,1H3,(H,9,10,11)/t5-,6+,7?/m1/s1. The molecule has 3 atom stereocenters. The van der Waals surface area contributed by atoms with E-state index < -0.39 is 21.5 Å². The second kappa shape index (κ2) is 3.16. The minimum atomic E-state index is -4.00. The molecule has 0 aromatic rings. The lowest BCUT2D eigenvalue weighted by Gasteiger charge is -2.24. The van der Waals surface area contributed by atoms with Crippen molar-refractivity contribution in [1.82, 2.24) is 0 Å². The van der Waals surface area contributed by atoms with E-state index in [2.05, 4.69) is 0 Å². The Kier molecular flexibility index (Phi) is 2.55. The molecule has 2 N–H and O–H groups in total. The first-order chi connectivity index (χ1) is 5.41. The van der Waals surface area contributed by atoms with Gasteiger partial charge in [-0.25, -0.2) is 0 Å². The Labute approximate surface area is 71.7 Å². The quantitative estimate of drug-likeness (QED) is 0.459. The third kappa shape index (κ3) is 2.06. The molecule has 0 aromatic heterocycles. The van der Waals surface area contributed by atoms with Gasteiger partial charge in [-0.15, -0.1) is 0 Å². The van der Waals surface area contributed by atoms with Crippen LogP contribution in [0.15, 0.2) is 12.2 Å². The minimum absolute atomic E-state index is 0.236. The van der Waals surface area contributed by atoms with Gasteiger partial charge >= 0.3 is 0 Å². The second-order valence-corrected chi connectivity index (χ2v) is 4.72. The zero-order chi connectivity index (χ0) is 9.35. The Morgan fingerprint density at radius 1 is 1.42 bits per heavy atom. The third-order valence-electron chi connectivity index (χ3n) is 2.04. The maximum atomic E-state index is 10.7. The molecule has 12 heavy (non-hydrogen) atoms. The SMILES string of the molecule is C[C@@H]1C[C@@H](O)C=CC1S(=O)(=O)O. The maximum absolute atomic E-state index is 10.7. The summed E-state index contributed by atoms with van der Waals surface area (Å²) in [5.74, 6) is -0.236. The molecule has 5 heteroatoms. The predicted molar refractivity (Wildman–Crippen MR) is 44.3 cm³/mol. The third-order valence-corrected chi connectivity index (χ3v) is 3.35. The summed E-state index contributed by atoms with van der Waals surface area (Å²) < 4.78 is 30.2. The van der Waals surface area contributed by atoms with Crippen LogP contribution in [0.4, 0.5) is 0 Å². The number of hydrogen-bond acceptors (Lipinski definition) is 3. The lowest BCUT2D eigenvalue weighted by atomic mass is 9.94. The highest BCUT2D eigenvalue weighted by molar-refractivity contribution is 7.86. The molecule has 1 rings (SSSR count). The lowest BCUT2D eigenvalue weighted by Crippen LogP contribution is -2.31. The first-order valence-electron chi connectivity index (χ1n) is 3.74. The number of aliphatic hydroxyl groups excluding tert-OH is 1. The van der Waals surface area contributed by atoms with E-state index in [9.17, 15) is 8.42 Å². The molecule has 1 aliphatic carbocycles. The Hall–Kier alpha value is -0.390. The van der Waals surface area contributed by atoms with Gasteiger partial charge in [0.05, 0.1) is 6.10 Å². The Morgan fingerprint density at radius 2 is 2.00 bits per heavy atom. The summed E-state index contributed by atoms with van der Waals surface area (Å²) in [7, 11) is -4.00. The average molecular weight is 192 g/mol. The van der Waals surface area contributed by atoms with Gasteiger partial charge in [0.25, 0.3) is 10.1 Å². The number of aliphatic hydroxyl groups is 1. The van der Waals surface area contributed by atoms with E-state index in [0.717, 1.165) is 0 Å². The summed E-state index contributed by atoms with van der Waals surface area (Å²) in [4.78, 5) is 0. The molecule has 0 heterocycles. The van der Waals surface area contributed by atoms with Crippen molar-refractivity contribution in [3.63, 3.8) is 0 Å². The summed E-state index contributed by atoms with van der Waals surface area (Å²) in [6, 6.07) is 0. The van der Waals surface area contributed by atoms with Crippen LogP contribution in [-0.4, -0.2) is 29.4 Å². The Balaban J connectivity index is 2.88. The lowest BCUT2D eigenvalue weighted by molar-refractivity contribution is 0.183. The van der Waals surface area contributed by atoms with Crippen LogP contribution in [0.1, 0.15) is 13.3 Å². The average Bonchev–Trinajstić information content (AvgIpc) is 1.83. The van der Waals surface area contributed by atoms with Crippen molar-refractivity contribution < 1.29 is 18.1 Å². The second-order valence-electron chi connectivity index (χ2n) is 3.14. The van der Waals surface area contributed by atoms with Crippen LogP contribution in [0.25, 0.3) is 0 Å². The van der Waals surface area contributed by atoms with Gasteiger partial charge < -0.3 is 5.11 Å². The summed E-state index contributed by atoms with van der Waals surface area (Å²) >= 11 is 0. The molecular weight excluding hydrogens is 180 g/mol. The first-order valence-corrected chi connectivity index (χ1v) is 5.24. The van der Waals surface area contributed by atoms with Gasteiger partial charge in [0.1, 0.15) is 5.25 Å². The molecule has 0 spiro atoms. The largest absolute Gasteiger partial charge is 0.389 e. The van der Waals surface area contributed by atoms with E-state index in [1.54, 1.807) is 6.92 Å². The summed E-state index contributed by atoms with van der Waals surface area (Å²) in [5, 5.41) is 8.24. The molecule has 0 amide bonds. The van der Waals surface area contributed by atoms with Crippen molar-refractivity contribution in [3.8, 4) is 0 Å². The zero-order valence-corrected chi connectivity index (χ0v) is 7.53. The van der Waals surface area contributed by atoms with Crippen molar-refractivity contribution in [1.29, 1.82) is 0 Å². The molecule has 0 fully saturated rings. The van der Waals surface area contributed by atoms with Gasteiger partial charge in [-0.1, -0.05) is 19.1 Å². The van der Waals surface area contributed by atoms with Gasteiger partial charge in [-0.2, -0.15) is 8.42 Å². The number of hydrogen-bond donors (Lipinski definition) is 2. The summed E-state index contributed by atoms with van der Waals surface area (Å²) in [6.45, 7) is 1.69. The van der Waals surface area contributed by atoms with Crippen LogP contribution in [0.2, 0.25) is 0 Å². The van der Waals surface area contributed by atoms with E-state index in [1.165, 1.54) is 12.2 Å². The molecule has 4 nitrogen and oxygen atoms in total. The first kappa shape index (κ1) is 9.70. The van der Waals surface area contributed by atoms with Crippen molar-refractivity contribution in [2.75, 3.05) is 0 Å². The van der Waals surface area contributed by atoms with Crippen LogP contribution in [0.5, 0.6) is 0 Å². The van der Waals surface area contributed by atoms with Gasteiger partial charge in [-0.05, 0) is 12.3 Å². The Morgan fingerprint density at radius 3 is 2.42 bits per heavy atom. The molecule has 0 saturated carbocycles.